The molecule has 4 nitrogen and oxygen atoms in total. The number of halogens is 1. The predicted octanol–water partition coefficient (Wildman–Crippen LogP) is 2.44. The maximum Gasteiger partial charge on any atom is 0.254 e. The first-order valence-corrected chi connectivity index (χ1v) is 7.66. The molecule has 0 aromatic heterocycles. The molecular weight excluding hydrogens is 288 g/mol. The Balaban J connectivity index is 2.56. The fourth-order valence-corrected chi connectivity index (χ4v) is 3.08. The van der Waals surface area contributed by atoms with Crippen molar-refractivity contribution in [2.24, 2.45) is 0 Å². The van der Waals surface area contributed by atoms with Gasteiger partial charge in [0.15, 0.2) is 0 Å². The Morgan fingerprint density at radius 3 is 2.81 bits per heavy atom. The number of nitrogens with zero attached hydrogens (tertiary/aromatic N) is 1. The molecule has 0 fully saturated rings. The van der Waals surface area contributed by atoms with Crippen molar-refractivity contribution in [3.63, 3.8) is 0 Å². The number of carbonyl (C=O) groups excluding carboxylic acids is 1. The number of benzene rings is 1. The van der Waals surface area contributed by atoms with Crippen molar-refractivity contribution in [1.82, 2.24) is 10.2 Å². The third-order valence-electron chi connectivity index (χ3n) is 3.90. The van der Waals surface area contributed by atoms with Crippen LogP contribution in [0.25, 0.3) is 0 Å². The van der Waals surface area contributed by atoms with Crippen LogP contribution in [0.2, 0.25) is 5.02 Å². The number of rotatable bonds is 3. The van der Waals surface area contributed by atoms with Crippen LogP contribution in [0.1, 0.15) is 35.3 Å². The van der Waals surface area contributed by atoms with Gasteiger partial charge in [-0.05, 0) is 50.1 Å². The molecule has 1 aromatic rings. The molecule has 0 radical (unpaired) electrons. The Hall–Kier alpha value is -1.10. The topological polar surface area (TPSA) is 41.6 Å². The van der Waals surface area contributed by atoms with E-state index in [-0.39, 0.29) is 5.91 Å². The van der Waals surface area contributed by atoms with Gasteiger partial charge in [0.1, 0.15) is 5.60 Å². The minimum absolute atomic E-state index is 0.0844. The van der Waals surface area contributed by atoms with E-state index < -0.39 is 5.60 Å². The molecule has 1 atom stereocenters. The van der Waals surface area contributed by atoms with Crippen LogP contribution in [0.15, 0.2) is 12.1 Å². The molecule has 116 valence electrons. The number of nitrogens with one attached hydrogen (secondary N) is 1. The molecule has 0 bridgehead atoms. The van der Waals surface area contributed by atoms with Crippen LogP contribution in [0.5, 0.6) is 0 Å². The summed E-state index contributed by atoms with van der Waals surface area (Å²) in [6, 6.07) is 3.82. The number of hydrogen-bond donors (Lipinski definition) is 1. The lowest BCUT2D eigenvalue weighted by Crippen LogP contribution is -2.37. The summed E-state index contributed by atoms with van der Waals surface area (Å²) in [4.78, 5) is 13.8. The lowest BCUT2D eigenvalue weighted by atomic mass is 9.89. The van der Waals surface area contributed by atoms with E-state index in [1.54, 1.807) is 19.0 Å². The largest absolute Gasteiger partial charge is 0.370 e. The Kier molecular flexibility index (Phi) is 4.91. The zero-order valence-corrected chi connectivity index (χ0v) is 13.9. The van der Waals surface area contributed by atoms with Crippen molar-refractivity contribution in [3.8, 4) is 0 Å². The molecule has 1 amide bonds. The molecule has 0 aliphatic carbocycles. The maximum absolute atomic E-state index is 12.3. The standard InChI is InChI=1S/C16H23ClN2O2/c1-5-21-16(2)10-18-7-6-11-8-14(17)12(9-13(11)16)15(20)19(3)4/h8-9,18H,5-7,10H2,1-4H3. The SMILES string of the molecule is CCOC1(C)CNCCc2cc(Cl)c(C(=O)N(C)C)cc21. The van der Waals surface area contributed by atoms with Crippen LogP contribution in [0.4, 0.5) is 0 Å². The molecule has 1 aliphatic heterocycles. The smallest absolute Gasteiger partial charge is 0.254 e. The van der Waals surface area contributed by atoms with Crippen LogP contribution in [0, 0.1) is 0 Å². The van der Waals surface area contributed by atoms with Gasteiger partial charge in [0.25, 0.3) is 5.91 Å². The molecule has 21 heavy (non-hydrogen) atoms. The minimum atomic E-state index is -0.438. The van der Waals surface area contributed by atoms with Crippen molar-refractivity contribution >= 4 is 17.5 Å². The molecule has 1 aromatic carbocycles. The van der Waals surface area contributed by atoms with Gasteiger partial charge in [-0.2, -0.15) is 0 Å². The molecule has 1 heterocycles. The van der Waals surface area contributed by atoms with Gasteiger partial charge in [-0.3, -0.25) is 4.79 Å². The summed E-state index contributed by atoms with van der Waals surface area (Å²) in [5.74, 6) is -0.0844. The molecule has 2 rings (SSSR count). The first kappa shape index (κ1) is 16.3. The van der Waals surface area contributed by atoms with Gasteiger partial charge in [-0.15, -0.1) is 0 Å². The van der Waals surface area contributed by atoms with E-state index in [9.17, 15) is 4.79 Å². The Morgan fingerprint density at radius 1 is 1.48 bits per heavy atom. The molecular formula is C16H23ClN2O2. The maximum atomic E-state index is 12.3. The molecule has 1 aliphatic rings. The zero-order valence-electron chi connectivity index (χ0n) is 13.1. The average molecular weight is 311 g/mol. The Morgan fingerprint density at radius 2 is 2.19 bits per heavy atom. The van der Waals surface area contributed by atoms with Gasteiger partial charge in [0, 0.05) is 27.2 Å². The summed E-state index contributed by atoms with van der Waals surface area (Å²) in [6.45, 7) is 6.28. The number of amides is 1. The van der Waals surface area contributed by atoms with E-state index in [4.69, 9.17) is 16.3 Å². The van der Waals surface area contributed by atoms with Crippen molar-refractivity contribution in [3.05, 3.63) is 33.8 Å². The second-order valence-corrected chi connectivity index (χ2v) is 6.19. The van der Waals surface area contributed by atoms with Crippen LogP contribution in [0.3, 0.4) is 0 Å². The first-order chi connectivity index (χ1) is 9.89. The van der Waals surface area contributed by atoms with E-state index in [1.807, 2.05) is 19.1 Å². The summed E-state index contributed by atoms with van der Waals surface area (Å²) in [6.07, 6.45) is 0.883. The number of ether oxygens (including phenoxy) is 1. The van der Waals surface area contributed by atoms with Crippen molar-refractivity contribution in [2.45, 2.75) is 25.9 Å². The van der Waals surface area contributed by atoms with E-state index in [0.29, 0.717) is 17.2 Å². The third kappa shape index (κ3) is 3.23. The molecule has 5 heteroatoms. The van der Waals surface area contributed by atoms with Crippen molar-refractivity contribution < 1.29 is 9.53 Å². The summed E-state index contributed by atoms with van der Waals surface area (Å²) < 4.78 is 5.98. The highest BCUT2D eigenvalue weighted by Gasteiger charge is 2.33. The van der Waals surface area contributed by atoms with Gasteiger partial charge in [0.2, 0.25) is 0 Å². The zero-order chi connectivity index (χ0) is 15.6. The van der Waals surface area contributed by atoms with E-state index in [2.05, 4.69) is 12.2 Å². The normalized spacial score (nSPS) is 21.6. The summed E-state index contributed by atoms with van der Waals surface area (Å²) in [7, 11) is 3.46. The molecule has 0 saturated heterocycles. The van der Waals surface area contributed by atoms with Gasteiger partial charge in [-0.1, -0.05) is 11.6 Å². The highest BCUT2D eigenvalue weighted by Crippen LogP contribution is 2.34. The van der Waals surface area contributed by atoms with Crippen LogP contribution >= 0.6 is 11.6 Å². The first-order valence-electron chi connectivity index (χ1n) is 7.28. The second kappa shape index (κ2) is 6.34. The number of hydrogen-bond acceptors (Lipinski definition) is 3. The predicted molar refractivity (Wildman–Crippen MR) is 85.0 cm³/mol. The summed E-state index contributed by atoms with van der Waals surface area (Å²) in [5, 5.41) is 3.90. The van der Waals surface area contributed by atoms with Crippen molar-refractivity contribution in [2.75, 3.05) is 33.8 Å². The molecule has 1 unspecified atom stereocenters. The average Bonchev–Trinajstić information content (AvgIpc) is 2.57. The van der Waals surface area contributed by atoms with Crippen LogP contribution < -0.4 is 5.32 Å². The van der Waals surface area contributed by atoms with E-state index in [1.165, 1.54) is 0 Å². The van der Waals surface area contributed by atoms with Crippen LogP contribution in [-0.4, -0.2) is 44.6 Å². The highest BCUT2D eigenvalue weighted by atomic mass is 35.5. The van der Waals surface area contributed by atoms with Gasteiger partial charge < -0.3 is 15.0 Å². The quantitative estimate of drug-likeness (QED) is 0.932. The minimum Gasteiger partial charge on any atom is -0.370 e. The molecule has 0 spiro atoms. The highest BCUT2D eigenvalue weighted by molar-refractivity contribution is 6.34. The monoisotopic (exact) mass is 310 g/mol. The van der Waals surface area contributed by atoms with E-state index >= 15 is 0 Å². The summed E-state index contributed by atoms with van der Waals surface area (Å²) in [5.41, 5.74) is 2.31. The van der Waals surface area contributed by atoms with Gasteiger partial charge in [0.05, 0.1) is 10.6 Å². The Bertz CT molecular complexity index is 545. The molecule has 1 N–H and O–H groups in total. The fraction of sp³-hybridized carbons (Fsp3) is 0.562. The van der Waals surface area contributed by atoms with Gasteiger partial charge >= 0.3 is 0 Å². The van der Waals surface area contributed by atoms with Gasteiger partial charge in [-0.25, -0.2) is 0 Å². The third-order valence-corrected chi connectivity index (χ3v) is 4.21. The molecule has 0 saturated carbocycles. The van der Waals surface area contributed by atoms with E-state index in [0.717, 1.165) is 30.6 Å². The fourth-order valence-electron chi connectivity index (χ4n) is 2.81. The lowest BCUT2D eigenvalue weighted by Gasteiger charge is -2.31. The van der Waals surface area contributed by atoms with Crippen molar-refractivity contribution in [1.29, 1.82) is 0 Å². The Labute approximate surface area is 131 Å². The lowest BCUT2D eigenvalue weighted by molar-refractivity contribution is -0.0267. The number of carbonyl (C=O) groups is 1. The van der Waals surface area contributed by atoms with Crippen LogP contribution in [-0.2, 0) is 16.8 Å². The second-order valence-electron chi connectivity index (χ2n) is 5.78. The number of fused-ring (bicyclic) bond motifs is 1. The summed E-state index contributed by atoms with van der Waals surface area (Å²) >= 11 is 6.31.